The molecule has 1 aliphatic heterocycles. The average molecular weight is 492 g/mol. The Kier molecular flexibility index (Phi) is 7.26. The van der Waals surface area contributed by atoms with Crippen molar-refractivity contribution in [2.24, 2.45) is 0 Å². The zero-order chi connectivity index (χ0) is 21.9. The van der Waals surface area contributed by atoms with Crippen LogP contribution >= 0.6 is 34.8 Å². The van der Waals surface area contributed by atoms with Crippen LogP contribution in [0.15, 0.2) is 41.3 Å². The highest BCUT2D eigenvalue weighted by Crippen LogP contribution is 2.32. The van der Waals surface area contributed by atoms with Gasteiger partial charge in [-0.15, -0.1) is 0 Å². The van der Waals surface area contributed by atoms with E-state index in [2.05, 4.69) is 5.32 Å². The molecule has 11 heteroatoms. The summed E-state index contributed by atoms with van der Waals surface area (Å²) in [5.41, 5.74) is 0.227. The Labute approximate surface area is 188 Å². The molecule has 0 spiro atoms. The number of anilines is 1. The van der Waals surface area contributed by atoms with Crippen molar-refractivity contribution in [3.8, 4) is 0 Å². The van der Waals surface area contributed by atoms with E-state index in [-0.39, 0.29) is 25.5 Å². The summed E-state index contributed by atoms with van der Waals surface area (Å²) in [6, 6.07) is 8.59. The maximum Gasteiger partial charge on any atom is 0.341 e. The van der Waals surface area contributed by atoms with Gasteiger partial charge in [0.05, 0.1) is 25.5 Å². The van der Waals surface area contributed by atoms with Gasteiger partial charge in [0.15, 0.2) is 6.61 Å². The highest BCUT2D eigenvalue weighted by atomic mass is 35.5. The molecule has 2 aromatic carbocycles. The Morgan fingerprint density at radius 2 is 1.57 bits per heavy atom. The third-order valence-corrected chi connectivity index (χ3v) is 7.46. The number of benzene rings is 2. The standard InChI is InChI=1S/C19H17Cl3N2O5S/c20-14-7-8-15(21)18(22)17(14)19(26)29-11-16(25)23-12-3-5-13(6-4-12)30(27,28)24-9-1-2-10-24/h3-8H,1-2,9-11H2,(H,23,25). The minimum atomic E-state index is -3.53. The fraction of sp³-hybridized carbons (Fsp3) is 0.263. The van der Waals surface area contributed by atoms with Gasteiger partial charge in [0, 0.05) is 18.8 Å². The molecule has 0 bridgehead atoms. The highest BCUT2D eigenvalue weighted by Gasteiger charge is 2.27. The maximum atomic E-state index is 12.5. The van der Waals surface area contributed by atoms with E-state index in [4.69, 9.17) is 39.5 Å². The number of ether oxygens (including phenoxy) is 1. The van der Waals surface area contributed by atoms with Crippen LogP contribution in [0.25, 0.3) is 0 Å². The molecule has 30 heavy (non-hydrogen) atoms. The lowest BCUT2D eigenvalue weighted by molar-refractivity contribution is -0.119. The molecular formula is C19H17Cl3N2O5S. The minimum Gasteiger partial charge on any atom is -0.452 e. The Balaban J connectivity index is 1.59. The number of hydrogen-bond donors (Lipinski definition) is 1. The first-order valence-corrected chi connectivity index (χ1v) is 11.5. The van der Waals surface area contributed by atoms with Crippen molar-refractivity contribution < 1.29 is 22.7 Å². The molecule has 1 fully saturated rings. The predicted octanol–water partition coefficient (Wildman–Crippen LogP) is 4.23. The van der Waals surface area contributed by atoms with Gasteiger partial charge in [0.1, 0.15) is 0 Å². The van der Waals surface area contributed by atoms with Crippen molar-refractivity contribution in [2.45, 2.75) is 17.7 Å². The van der Waals surface area contributed by atoms with Crippen molar-refractivity contribution in [3.05, 3.63) is 57.0 Å². The lowest BCUT2D eigenvalue weighted by Crippen LogP contribution is -2.27. The van der Waals surface area contributed by atoms with Crippen LogP contribution in [-0.2, 0) is 19.6 Å². The van der Waals surface area contributed by atoms with Gasteiger partial charge in [0.25, 0.3) is 5.91 Å². The quantitative estimate of drug-likeness (QED) is 0.482. The third-order valence-electron chi connectivity index (χ3n) is 4.42. The molecule has 1 heterocycles. The fourth-order valence-electron chi connectivity index (χ4n) is 2.90. The van der Waals surface area contributed by atoms with Crippen molar-refractivity contribution in [1.82, 2.24) is 4.31 Å². The summed E-state index contributed by atoms with van der Waals surface area (Å²) in [4.78, 5) is 24.4. The van der Waals surface area contributed by atoms with Gasteiger partial charge >= 0.3 is 5.97 Å². The number of amides is 1. The summed E-state index contributed by atoms with van der Waals surface area (Å²) < 4.78 is 31.4. The summed E-state index contributed by atoms with van der Waals surface area (Å²) in [7, 11) is -3.53. The molecule has 3 rings (SSSR count). The van der Waals surface area contributed by atoms with E-state index < -0.39 is 28.5 Å². The first-order valence-electron chi connectivity index (χ1n) is 8.91. The molecule has 1 N–H and O–H groups in total. The molecular weight excluding hydrogens is 475 g/mol. The smallest absolute Gasteiger partial charge is 0.341 e. The number of carbonyl (C=O) groups is 2. The number of rotatable bonds is 6. The van der Waals surface area contributed by atoms with E-state index in [1.807, 2.05) is 0 Å². The number of hydrogen-bond acceptors (Lipinski definition) is 5. The molecule has 1 aliphatic rings. The molecule has 0 saturated carbocycles. The molecule has 1 amide bonds. The Hall–Kier alpha value is -1.84. The second kappa shape index (κ2) is 9.53. The molecule has 160 valence electrons. The van der Waals surface area contributed by atoms with E-state index in [0.717, 1.165) is 12.8 Å². The van der Waals surface area contributed by atoms with Crippen molar-refractivity contribution >= 4 is 62.4 Å². The lowest BCUT2D eigenvalue weighted by atomic mass is 10.2. The van der Waals surface area contributed by atoms with Crippen LogP contribution in [0, 0.1) is 0 Å². The van der Waals surface area contributed by atoms with Crippen molar-refractivity contribution in [1.29, 1.82) is 0 Å². The summed E-state index contributed by atoms with van der Waals surface area (Å²) >= 11 is 17.8. The van der Waals surface area contributed by atoms with Crippen LogP contribution < -0.4 is 5.32 Å². The summed E-state index contributed by atoms with van der Waals surface area (Å²) in [6.45, 7) is 0.422. The van der Waals surface area contributed by atoms with E-state index in [9.17, 15) is 18.0 Å². The summed E-state index contributed by atoms with van der Waals surface area (Å²) in [5.74, 6) is -1.51. The molecule has 0 aliphatic carbocycles. The van der Waals surface area contributed by atoms with Gasteiger partial charge in [0.2, 0.25) is 10.0 Å². The molecule has 1 saturated heterocycles. The number of nitrogens with zero attached hydrogens (tertiary/aromatic N) is 1. The molecule has 7 nitrogen and oxygen atoms in total. The molecule has 0 atom stereocenters. The van der Waals surface area contributed by atoms with Crippen LogP contribution in [0.1, 0.15) is 23.2 Å². The Morgan fingerprint density at radius 1 is 0.967 bits per heavy atom. The predicted molar refractivity (Wildman–Crippen MR) is 115 cm³/mol. The zero-order valence-corrected chi connectivity index (χ0v) is 18.6. The van der Waals surface area contributed by atoms with E-state index in [0.29, 0.717) is 18.8 Å². The summed E-state index contributed by atoms with van der Waals surface area (Å²) in [5, 5.41) is 2.63. The van der Waals surface area contributed by atoms with E-state index in [1.165, 1.54) is 40.7 Å². The number of nitrogens with one attached hydrogen (secondary N) is 1. The van der Waals surface area contributed by atoms with Gasteiger partial charge in [-0.05, 0) is 49.2 Å². The first kappa shape index (κ1) is 22.8. The van der Waals surface area contributed by atoms with Crippen LogP contribution in [0.5, 0.6) is 0 Å². The normalized spacial score (nSPS) is 14.5. The SMILES string of the molecule is O=C(COC(=O)c1c(Cl)ccc(Cl)c1Cl)Nc1ccc(S(=O)(=O)N2CCCC2)cc1. The highest BCUT2D eigenvalue weighted by molar-refractivity contribution is 7.89. The zero-order valence-electron chi connectivity index (χ0n) is 15.5. The van der Waals surface area contributed by atoms with E-state index >= 15 is 0 Å². The Bertz CT molecular complexity index is 1070. The van der Waals surface area contributed by atoms with E-state index in [1.54, 1.807) is 0 Å². The monoisotopic (exact) mass is 490 g/mol. The van der Waals surface area contributed by atoms with Crippen LogP contribution in [-0.4, -0.2) is 44.3 Å². The molecule has 0 radical (unpaired) electrons. The van der Waals surface area contributed by atoms with Crippen LogP contribution in [0.4, 0.5) is 5.69 Å². The molecule has 2 aromatic rings. The van der Waals surface area contributed by atoms with Gasteiger partial charge in [-0.1, -0.05) is 34.8 Å². The third kappa shape index (κ3) is 5.07. The minimum absolute atomic E-state index is 0.0459. The number of carbonyl (C=O) groups excluding carboxylic acids is 2. The van der Waals surface area contributed by atoms with Gasteiger partial charge in [-0.3, -0.25) is 4.79 Å². The second-order valence-electron chi connectivity index (χ2n) is 6.48. The lowest BCUT2D eigenvalue weighted by Gasteiger charge is -2.15. The first-order chi connectivity index (χ1) is 14.2. The van der Waals surface area contributed by atoms with Crippen LogP contribution in [0.2, 0.25) is 15.1 Å². The van der Waals surface area contributed by atoms with Gasteiger partial charge in [-0.25, -0.2) is 13.2 Å². The number of esters is 1. The maximum absolute atomic E-state index is 12.5. The van der Waals surface area contributed by atoms with Crippen LogP contribution in [0.3, 0.4) is 0 Å². The molecule has 0 unspecified atom stereocenters. The number of sulfonamides is 1. The van der Waals surface area contributed by atoms with Gasteiger partial charge < -0.3 is 10.1 Å². The number of halogens is 3. The van der Waals surface area contributed by atoms with Gasteiger partial charge in [-0.2, -0.15) is 4.31 Å². The topological polar surface area (TPSA) is 92.8 Å². The summed E-state index contributed by atoms with van der Waals surface area (Å²) in [6.07, 6.45) is 1.69. The van der Waals surface area contributed by atoms with Crippen molar-refractivity contribution in [2.75, 3.05) is 25.0 Å². The fourth-order valence-corrected chi connectivity index (χ4v) is 5.10. The average Bonchev–Trinajstić information content (AvgIpc) is 3.26. The molecule has 0 aromatic heterocycles. The van der Waals surface area contributed by atoms with Crippen molar-refractivity contribution in [3.63, 3.8) is 0 Å². The Morgan fingerprint density at radius 3 is 2.20 bits per heavy atom. The second-order valence-corrected chi connectivity index (χ2v) is 9.61. The largest absolute Gasteiger partial charge is 0.452 e.